The van der Waals surface area contributed by atoms with E-state index in [-0.39, 0.29) is 17.9 Å². The second kappa shape index (κ2) is 9.11. The Kier molecular flexibility index (Phi) is 5.80. The fourth-order valence-corrected chi connectivity index (χ4v) is 6.94. The van der Waals surface area contributed by atoms with E-state index in [1.165, 1.54) is 36.7 Å². The minimum Gasteiger partial charge on any atom is -0.506 e. The lowest BCUT2D eigenvalue weighted by Crippen LogP contribution is -2.58. The van der Waals surface area contributed by atoms with E-state index < -0.39 is 11.5 Å². The number of carbonyl (C=O) groups excluding carboxylic acids is 1. The van der Waals surface area contributed by atoms with Gasteiger partial charge in [-0.1, -0.05) is 18.2 Å². The fraction of sp³-hybridized carbons (Fsp3) is 0.464. The second-order valence-corrected chi connectivity index (χ2v) is 10.5. The number of pyridine rings is 2. The molecule has 1 amide bonds. The molecule has 1 aromatic carbocycles. The van der Waals surface area contributed by atoms with Crippen LogP contribution < -0.4 is 10.9 Å². The Labute approximate surface area is 204 Å². The van der Waals surface area contributed by atoms with Gasteiger partial charge in [-0.15, -0.1) is 0 Å². The number of hydrogen-bond donors (Lipinski definition) is 2. The molecule has 2 saturated heterocycles. The van der Waals surface area contributed by atoms with E-state index in [0.29, 0.717) is 35.2 Å². The first kappa shape index (κ1) is 22.3. The molecule has 4 heterocycles. The Bertz CT molecular complexity index is 1270. The Hall–Kier alpha value is -3.19. The summed E-state index contributed by atoms with van der Waals surface area (Å²) in [5.41, 5.74) is 0.581. The number of para-hydroxylation sites is 1. The van der Waals surface area contributed by atoms with Crippen LogP contribution in [0.5, 0.6) is 5.75 Å². The van der Waals surface area contributed by atoms with Crippen molar-refractivity contribution in [2.24, 2.45) is 11.8 Å². The molecule has 4 aliphatic rings. The van der Waals surface area contributed by atoms with Crippen LogP contribution in [0.1, 0.15) is 54.6 Å². The molecule has 2 N–H and O–H groups in total. The van der Waals surface area contributed by atoms with Gasteiger partial charge in [-0.25, -0.2) is 0 Å². The van der Waals surface area contributed by atoms with Gasteiger partial charge < -0.3 is 15.0 Å². The van der Waals surface area contributed by atoms with Gasteiger partial charge >= 0.3 is 0 Å². The molecular weight excluding hydrogens is 440 g/mol. The van der Waals surface area contributed by atoms with Crippen LogP contribution in [0.15, 0.2) is 53.5 Å². The molecule has 2 aromatic heterocycles. The lowest BCUT2D eigenvalue weighted by atomic mass is 9.63. The highest BCUT2D eigenvalue weighted by atomic mass is 16.3. The van der Waals surface area contributed by atoms with Gasteiger partial charge in [0.05, 0.1) is 17.8 Å². The highest BCUT2D eigenvalue weighted by Gasteiger charge is 2.46. The van der Waals surface area contributed by atoms with E-state index in [2.05, 4.69) is 15.2 Å². The third kappa shape index (κ3) is 4.12. The molecule has 2 aliphatic heterocycles. The minimum absolute atomic E-state index is 0.199. The average Bonchev–Trinajstić information content (AvgIpc) is 2.86. The molecule has 0 radical (unpaired) electrons. The number of aromatic nitrogens is 2. The molecule has 7 heteroatoms. The van der Waals surface area contributed by atoms with Crippen molar-refractivity contribution in [3.05, 3.63) is 70.3 Å². The largest absolute Gasteiger partial charge is 0.506 e. The lowest BCUT2D eigenvalue weighted by Gasteiger charge is -2.56. The lowest BCUT2D eigenvalue weighted by molar-refractivity contribution is -0.0587. The summed E-state index contributed by atoms with van der Waals surface area (Å²) < 4.78 is 1.52. The van der Waals surface area contributed by atoms with E-state index in [1.807, 2.05) is 24.3 Å². The molecular formula is C28H32N4O3. The molecule has 4 fully saturated rings. The standard InChI is InChI=1S/C28H32N4O3/c33-26-23-7-1-2-8-24(23)32(17-20-6-3-4-9-29-20)28(35)25(26)27(34)30-10-5-11-31-21-13-18-12-19(15-21)16-22(31)14-18/h1-4,6-9,18-19,21-22,33H,5,10-17H2,(H,30,34). The Balaban J connectivity index is 1.18. The first-order chi connectivity index (χ1) is 17.1. The van der Waals surface area contributed by atoms with Crippen molar-refractivity contribution in [3.63, 3.8) is 0 Å². The maximum Gasteiger partial charge on any atom is 0.268 e. The Morgan fingerprint density at radius 1 is 1.00 bits per heavy atom. The Morgan fingerprint density at radius 3 is 2.43 bits per heavy atom. The summed E-state index contributed by atoms with van der Waals surface area (Å²) in [6, 6.07) is 14.1. The maximum atomic E-state index is 13.4. The monoisotopic (exact) mass is 472 g/mol. The van der Waals surface area contributed by atoms with Crippen LogP contribution in [0.25, 0.3) is 10.9 Å². The third-order valence-electron chi connectivity index (χ3n) is 8.32. The number of benzene rings is 1. The average molecular weight is 473 g/mol. The SMILES string of the molecule is O=C(NCCCN1C2CC3CC(C2)CC1C3)c1c(O)c2ccccc2n(Cc2ccccn2)c1=O. The predicted octanol–water partition coefficient (Wildman–Crippen LogP) is 3.53. The first-order valence-electron chi connectivity index (χ1n) is 12.9. The molecule has 7 rings (SSSR count). The zero-order chi connectivity index (χ0) is 23.9. The van der Waals surface area contributed by atoms with Crippen molar-refractivity contribution in [1.82, 2.24) is 19.8 Å². The van der Waals surface area contributed by atoms with Gasteiger partial charge in [-0.3, -0.25) is 19.5 Å². The molecule has 0 unspecified atom stereocenters. The Morgan fingerprint density at radius 2 is 1.71 bits per heavy atom. The van der Waals surface area contributed by atoms with Crippen LogP contribution in [0.3, 0.4) is 0 Å². The van der Waals surface area contributed by atoms with Gasteiger partial charge in [0.25, 0.3) is 11.5 Å². The van der Waals surface area contributed by atoms with Crippen LogP contribution in [0.4, 0.5) is 0 Å². The number of nitrogens with one attached hydrogen (secondary N) is 1. The van der Waals surface area contributed by atoms with Crippen LogP contribution in [-0.2, 0) is 6.54 Å². The maximum absolute atomic E-state index is 13.4. The van der Waals surface area contributed by atoms with Gasteiger partial charge in [0.2, 0.25) is 0 Å². The van der Waals surface area contributed by atoms with Crippen LogP contribution in [0.2, 0.25) is 0 Å². The molecule has 3 aromatic rings. The summed E-state index contributed by atoms with van der Waals surface area (Å²) in [6.07, 6.45) is 9.28. The highest BCUT2D eigenvalue weighted by molar-refractivity contribution is 6.02. The van der Waals surface area contributed by atoms with Gasteiger partial charge in [-0.05, 0) is 74.6 Å². The number of carbonyl (C=O) groups is 1. The van der Waals surface area contributed by atoms with Crippen molar-refractivity contribution in [3.8, 4) is 5.75 Å². The normalized spacial score (nSPS) is 25.3. The van der Waals surface area contributed by atoms with Crippen LogP contribution in [-0.4, -0.2) is 50.6 Å². The molecule has 0 spiro atoms. The third-order valence-corrected chi connectivity index (χ3v) is 8.32. The smallest absolute Gasteiger partial charge is 0.268 e. The van der Waals surface area contributed by atoms with Gasteiger partial charge in [0.15, 0.2) is 0 Å². The minimum atomic E-state index is -0.520. The number of aromatic hydroxyl groups is 1. The number of piperidine rings is 2. The number of hydrogen-bond acceptors (Lipinski definition) is 5. The van der Waals surface area contributed by atoms with E-state index in [4.69, 9.17) is 0 Å². The zero-order valence-corrected chi connectivity index (χ0v) is 19.9. The van der Waals surface area contributed by atoms with E-state index in [9.17, 15) is 14.7 Å². The topological polar surface area (TPSA) is 87.5 Å². The fourth-order valence-electron chi connectivity index (χ4n) is 6.94. The predicted molar refractivity (Wildman–Crippen MR) is 135 cm³/mol. The molecule has 0 atom stereocenters. The second-order valence-electron chi connectivity index (χ2n) is 10.5. The van der Waals surface area contributed by atoms with Crippen LogP contribution >= 0.6 is 0 Å². The zero-order valence-electron chi connectivity index (χ0n) is 19.9. The summed E-state index contributed by atoms with van der Waals surface area (Å²) in [4.78, 5) is 33.5. The summed E-state index contributed by atoms with van der Waals surface area (Å²) >= 11 is 0. The highest BCUT2D eigenvalue weighted by Crippen LogP contribution is 2.49. The van der Waals surface area contributed by atoms with Crippen molar-refractivity contribution in [2.75, 3.05) is 13.1 Å². The molecule has 2 aliphatic carbocycles. The molecule has 35 heavy (non-hydrogen) atoms. The van der Waals surface area contributed by atoms with Gasteiger partial charge in [-0.2, -0.15) is 0 Å². The van der Waals surface area contributed by atoms with Crippen LogP contribution in [0, 0.1) is 11.8 Å². The van der Waals surface area contributed by atoms with Gasteiger partial charge in [0.1, 0.15) is 11.3 Å². The van der Waals surface area contributed by atoms with Crippen molar-refractivity contribution in [2.45, 2.75) is 57.2 Å². The van der Waals surface area contributed by atoms with Crippen molar-refractivity contribution < 1.29 is 9.90 Å². The number of rotatable bonds is 7. The number of amides is 1. The molecule has 4 bridgehead atoms. The summed E-state index contributed by atoms with van der Waals surface area (Å²) in [5, 5.41) is 14.3. The number of fused-ring (bicyclic) bond motifs is 1. The molecule has 182 valence electrons. The quantitative estimate of drug-likeness (QED) is 0.514. The van der Waals surface area contributed by atoms with E-state index >= 15 is 0 Å². The molecule has 7 nitrogen and oxygen atoms in total. The molecule has 2 saturated carbocycles. The number of nitrogens with zero attached hydrogens (tertiary/aromatic N) is 3. The summed E-state index contributed by atoms with van der Waals surface area (Å²) in [7, 11) is 0. The van der Waals surface area contributed by atoms with Crippen molar-refractivity contribution in [1.29, 1.82) is 0 Å². The summed E-state index contributed by atoms with van der Waals surface area (Å²) in [5.74, 6) is 1.08. The van der Waals surface area contributed by atoms with Gasteiger partial charge in [0, 0.05) is 36.8 Å². The van der Waals surface area contributed by atoms with E-state index in [0.717, 1.165) is 24.8 Å². The summed E-state index contributed by atoms with van der Waals surface area (Å²) in [6.45, 7) is 1.68. The van der Waals surface area contributed by atoms with E-state index in [1.54, 1.807) is 24.4 Å². The first-order valence-corrected chi connectivity index (χ1v) is 12.9. The van der Waals surface area contributed by atoms with Crippen molar-refractivity contribution >= 4 is 16.8 Å².